The predicted octanol–water partition coefficient (Wildman–Crippen LogP) is 10.1. The molecule has 0 amide bonds. The molecule has 0 saturated heterocycles. The maximum absolute atomic E-state index is 10.6. The van der Waals surface area contributed by atoms with Crippen LogP contribution in [0.15, 0.2) is 140 Å². The number of rotatable bonds is 4. The quantitative estimate of drug-likeness (QED) is 0.198. The third kappa shape index (κ3) is 4.13. The predicted molar refractivity (Wildman–Crippen MR) is 193 cm³/mol. The Morgan fingerprint density at radius 1 is 0.562 bits per heavy atom. The van der Waals surface area contributed by atoms with E-state index < -0.39 is 0 Å². The fraction of sp³-hybridized carbons (Fsp3) is 0.0698. The Balaban J connectivity index is 1.29. The lowest BCUT2D eigenvalue weighted by Gasteiger charge is -2.21. The van der Waals surface area contributed by atoms with Gasteiger partial charge in [0.25, 0.3) is 0 Å². The summed E-state index contributed by atoms with van der Waals surface area (Å²) in [7, 11) is 0. The van der Waals surface area contributed by atoms with Crippen molar-refractivity contribution in [1.82, 2.24) is 19.5 Å². The molecule has 1 aliphatic carbocycles. The van der Waals surface area contributed by atoms with Gasteiger partial charge in [-0.15, -0.1) is 0 Å². The van der Waals surface area contributed by atoms with E-state index in [2.05, 4.69) is 91.2 Å². The molecule has 0 aliphatic heterocycles. The molecule has 2 aromatic heterocycles. The number of nitrogens with zero attached hydrogens (tertiary/aromatic N) is 5. The molecule has 0 spiro atoms. The average molecular weight is 616 g/mol. The molecule has 1 aliphatic rings. The van der Waals surface area contributed by atoms with Crippen LogP contribution in [0.5, 0.6) is 0 Å². The second-order valence-electron chi connectivity index (χ2n) is 12.8. The van der Waals surface area contributed by atoms with Crippen LogP contribution in [0.1, 0.15) is 30.5 Å². The summed E-state index contributed by atoms with van der Waals surface area (Å²) in [6, 6.07) is 50.1. The molecular weight excluding hydrogens is 587 g/mol. The van der Waals surface area contributed by atoms with Crippen LogP contribution in [-0.2, 0) is 5.41 Å². The average Bonchev–Trinajstić information content (AvgIpc) is 3.60. The van der Waals surface area contributed by atoms with E-state index in [0.29, 0.717) is 28.6 Å². The van der Waals surface area contributed by atoms with Crippen LogP contribution in [0, 0.1) is 11.3 Å². The summed E-state index contributed by atoms with van der Waals surface area (Å²) in [5.74, 6) is 1.59. The van der Waals surface area contributed by atoms with Gasteiger partial charge in [0.05, 0.1) is 22.7 Å². The van der Waals surface area contributed by atoms with Gasteiger partial charge in [-0.2, -0.15) is 5.26 Å². The van der Waals surface area contributed by atoms with E-state index in [1.807, 2.05) is 72.8 Å². The summed E-state index contributed by atoms with van der Waals surface area (Å²) >= 11 is 0. The standard InChI is InChI=1S/C43H29N5/c1-43(2)35-19-11-9-18-34(35)38-36(43)24-23-33-32-17-10-12-20-37(32)48(39(33)38)30-21-22-31(29(25-30)26-44)42-46-40(27-13-5-3-6-14-27)45-41(47-42)28-15-7-4-8-16-28/h3-25H,1-2H3. The van der Waals surface area contributed by atoms with Crippen LogP contribution >= 0.6 is 0 Å². The molecule has 226 valence electrons. The van der Waals surface area contributed by atoms with Gasteiger partial charge in [-0.3, -0.25) is 0 Å². The topological polar surface area (TPSA) is 67.4 Å². The monoisotopic (exact) mass is 615 g/mol. The van der Waals surface area contributed by atoms with Crippen molar-refractivity contribution in [2.45, 2.75) is 19.3 Å². The highest BCUT2D eigenvalue weighted by Gasteiger charge is 2.37. The molecule has 8 aromatic rings. The van der Waals surface area contributed by atoms with E-state index in [1.54, 1.807) is 0 Å². The SMILES string of the molecule is CC1(C)c2ccccc2-c2c1ccc1c3ccccc3n(-c3ccc(-c4nc(-c5ccccc5)nc(-c5ccccc5)n4)c(C#N)c3)c21. The van der Waals surface area contributed by atoms with Crippen LogP contribution in [0.25, 0.3) is 72.8 Å². The van der Waals surface area contributed by atoms with E-state index in [0.717, 1.165) is 27.8 Å². The molecule has 2 heterocycles. The maximum atomic E-state index is 10.6. The van der Waals surface area contributed by atoms with Gasteiger partial charge in [-0.25, -0.2) is 15.0 Å². The van der Waals surface area contributed by atoms with Crippen molar-refractivity contribution in [3.8, 4) is 57.0 Å². The third-order valence-corrected chi connectivity index (χ3v) is 9.70. The smallest absolute Gasteiger partial charge is 0.165 e. The summed E-state index contributed by atoms with van der Waals surface area (Å²) in [5.41, 5.74) is 11.1. The van der Waals surface area contributed by atoms with Crippen molar-refractivity contribution in [2.75, 3.05) is 0 Å². The Labute approximate surface area is 278 Å². The van der Waals surface area contributed by atoms with Crippen molar-refractivity contribution < 1.29 is 0 Å². The maximum Gasteiger partial charge on any atom is 0.165 e. The minimum Gasteiger partial charge on any atom is -0.309 e. The normalized spacial score (nSPS) is 12.9. The molecule has 5 nitrogen and oxygen atoms in total. The zero-order chi connectivity index (χ0) is 32.4. The first-order valence-corrected chi connectivity index (χ1v) is 16.1. The van der Waals surface area contributed by atoms with Crippen LogP contribution in [0.2, 0.25) is 0 Å². The minimum atomic E-state index is -0.130. The van der Waals surface area contributed by atoms with Gasteiger partial charge in [0.15, 0.2) is 17.5 Å². The molecule has 0 bridgehead atoms. The summed E-state index contributed by atoms with van der Waals surface area (Å²) in [6.45, 7) is 4.61. The third-order valence-electron chi connectivity index (χ3n) is 9.70. The molecule has 0 unspecified atom stereocenters. The first-order valence-electron chi connectivity index (χ1n) is 16.1. The van der Waals surface area contributed by atoms with Gasteiger partial charge in [-0.05, 0) is 41.0 Å². The summed E-state index contributed by atoms with van der Waals surface area (Å²) in [6.07, 6.45) is 0. The Kier molecular flexibility index (Phi) is 6.15. The summed E-state index contributed by atoms with van der Waals surface area (Å²) in [5, 5.41) is 13.0. The van der Waals surface area contributed by atoms with Crippen molar-refractivity contribution in [3.05, 3.63) is 156 Å². The van der Waals surface area contributed by atoms with Crippen molar-refractivity contribution in [2.24, 2.45) is 0 Å². The fourth-order valence-corrected chi connectivity index (χ4v) is 7.40. The Morgan fingerprint density at radius 2 is 1.19 bits per heavy atom. The number of para-hydroxylation sites is 1. The number of hydrogen-bond acceptors (Lipinski definition) is 4. The van der Waals surface area contributed by atoms with Crippen LogP contribution < -0.4 is 0 Å². The van der Waals surface area contributed by atoms with Gasteiger partial charge in [-0.1, -0.05) is 129 Å². The lowest BCUT2D eigenvalue weighted by molar-refractivity contribution is 0.661. The van der Waals surface area contributed by atoms with Crippen molar-refractivity contribution in [1.29, 1.82) is 5.26 Å². The highest BCUT2D eigenvalue weighted by Crippen LogP contribution is 2.52. The molecule has 48 heavy (non-hydrogen) atoms. The highest BCUT2D eigenvalue weighted by atomic mass is 15.0. The molecule has 0 radical (unpaired) electrons. The van der Waals surface area contributed by atoms with Gasteiger partial charge < -0.3 is 4.57 Å². The number of nitriles is 1. The fourth-order valence-electron chi connectivity index (χ4n) is 7.40. The summed E-state index contributed by atoms with van der Waals surface area (Å²) in [4.78, 5) is 14.7. The first-order chi connectivity index (χ1) is 23.5. The Morgan fingerprint density at radius 3 is 1.90 bits per heavy atom. The first kappa shape index (κ1) is 27.9. The number of fused-ring (bicyclic) bond motifs is 7. The number of hydrogen-bond donors (Lipinski definition) is 0. The second kappa shape index (κ2) is 10.6. The van der Waals surface area contributed by atoms with E-state index >= 15 is 0 Å². The largest absolute Gasteiger partial charge is 0.309 e. The molecule has 9 rings (SSSR count). The van der Waals surface area contributed by atoms with Crippen molar-refractivity contribution in [3.63, 3.8) is 0 Å². The zero-order valence-corrected chi connectivity index (χ0v) is 26.5. The minimum absolute atomic E-state index is 0.130. The van der Waals surface area contributed by atoms with Crippen LogP contribution in [-0.4, -0.2) is 19.5 Å². The molecule has 0 saturated carbocycles. The summed E-state index contributed by atoms with van der Waals surface area (Å²) < 4.78 is 2.32. The lowest BCUT2D eigenvalue weighted by Crippen LogP contribution is -2.14. The molecule has 6 aromatic carbocycles. The van der Waals surface area contributed by atoms with Crippen LogP contribution in [0.4, 0.5) is 0 Å². The van der Waals surface area contributed by atoms with E-state index in [9.17, 15) is 5.26 Å². The highest BCUT2D eigenvalue weighted by molar-refractivity contribution is 6.15. The second-order valence-corrected chi connectivity index (χ2v) is 12.8. The molecule has 0 fully saturated rings. The number of benzene rings is 6. The van der Waals surface area contributed by atoms with Gasteiger partial charge >= 0.3 is 0 Å². The van der Waals surface area contributed by atoms with Crippen LogP contribution in [0.3, 0.4) is 0 Å². The Bertz CT molecular complexity index is 2530. The van der Waals surface area contributed by atoms with E-state index in [-0.39, 0.29) is 5.41 Å². The van der Waals surface area contributed by atoms with Gasteiger partial charge in [0, 0.05) is 44.1 Å². The van der Waals surface area contributed by atoms with Gasteiger partial charge in [0.1, 0.15) is 0 Å². The zero-order valence-electron chi connectivity index (χ0n) is 26.5. The lowest BCUT2D eigenvalue weighted by atomic mass is 9.82. The number of aromatic nitrogens is 4. The molecule has 0 N–H and O–H groups in total. The van der Waals surface area contributed by atoms with Gasteiger partial charge in [0.2, 0.25) is 0 Å². The Hall–Kier alpha value is -6.38. The van der Waals surface area contributed by atoms with E-state index in [4.69, 9.17) is 15.0 Å². The molecular formula is C43H29N5. The molecule has 5 heteroatoms. The molecule has 0 atom stereocenters. The van der Waals surface area contributed by atoms with E-state index in [1.165, 1.54) is 33.0 Å². The van der Waals surface area contributed by atoms with Crippen molar-refractivity contribution >= 4 is 21.8 Å².